The van der Waals surface area contributed by atoms with Gasteiger partial charge in [0, 0.05) is 18.3 Å². The van der Waals surface area contributed by atoms with Gasteiger partial charge in [0.2, 0.25) is 0 Å². The summed E-state index contributed by atoms with van der Waals surface area (Å²) in [7, 11) is 0. The average Bonchev–Trinajstić information content (AvgIpc) is 2.83. The van der Waals surface area contributed by atoms with Crippen LogP contribution in [-0.4, -0.2) is 16.3 Å². The Morgan fingerprint density at radius 3 is 3.00 bits per heavy atom. The zero-order valence-electron chi connectivity index (χ0n) is 10.9. The lowest BCUT2D eigenvalue weighted by Crippen LogP contribution is -2.18. The van der Waals surface area contributed by atoms with Gasteiger partial charge in [-0.2, -0.15) is 5.10 Å². The van der Waals surface area contributed by atoms with E-state index < -0.39 is 0 Å². The number of nitrogens with zero attached hydrogens (tertiary/aromatic N) is 2. The molecule has 2 aromatic rings. The van der Waals surface area contributed by atoms with Gasteiger partial charge >= 0.3 is 0 Å². The highest BCUT2D eigenvalue weighted by Gasteiger charge is 2.09. The SMILES string of the molecule is CCCNCc1ccnn1Cc1cccc(Cl)c1F. The standard InChI is InChI=1S/C14H17ClFN3/c1-2-7-17-9-12-6-8-18-19(12)10-11-4-3-5-13(15)14(11)16/h3-6,8,17H,2,7,9-10H2,1H3. The van der Waals surface area contributed by atoms with Gasteiger partial charge < -0.3 is 5.32 Å². The lowest BCUT2D eigenvalue weighted by Gasteiger charge is -2.09. The van der Waals surface area contributed by atoms with Crippen LogP contribution in [-0.2, 0) is 13.1 Å². The molecule has 0 unspecified atom stereocenters. The van der Waals surface area contributed by atoms with Crippen LogP contribution < -0.4 is 5.32 Å². The molecule has 0 spiro atoms. The number of nitrogens with one attached hydrogen (secondary N) is 1. The van der Waals surface area contributed by atoms with Crippen LogP contribution in [0.1, 0.15) is 24.6 Å². The monoisotopic (exact) mass is 281 g/mol. The summed E-state index contributed by atoms with van der Waals surface area (Å²) in [5.74, 6) is -0.368. The Balaban J connectivity index is 2.11. The molecule has 1 aromatic heterocycles. The smallest absolute Gasteiger partial charge is 0.146 e. The predicted octanol–water partition coefficient (Wildman–Crippen LogP) is 3.22. The lowest BCUT2D eigenvalue weighted by molar-refractivity contribution is 0.560. The molecule has 0 aliphatic rings. The van der Waals surface area contributed by atoms with Gasteiger partial charge in [0.25, 0.3) is 0 Å². The topological polar surface area (TPSA) is 29.9 Å². The summed E-state index contributed by atoms with van der Waals surface area (Å²) < 4.78 is 15.6. The molecule has 5 heteroatoms. The van der Waals surface area contributed by atoms with E-state index in [0.717, 1.165) is 25.2 Å². The Labute approximate surface area is 117 Å². The molecular formula is C14H17ClFN3. The van der Waals surface area contributed by atoms with Crippen molar-refractivity contribution >= 4 is 11.6 Å². The zero-order chi connectivity index (χ0) is 13.7. The quantitative estimate of drug-likeness (QED) is 0.824. The maximum absolute atomic E-state index is 13.8. The molecule has 0 amide bonds. The third-order valence-electron chi connectivity index (χ3n) is 2.89. The highest BCUT2D eigenvalue weighted by molar-refractivity contribution is 6.30. The number of halogens is 2. The van der Waals surface area contributed by atoms with Crippen molar-refractivity contribution in [3.8, 4) is 0 Å². The normalized spacial score (nSPS) is 10.9. The summed E-state index contributed by atoms with van der Waals surface area (Å²) in [6, 6.07) is 6.96. The molecule has 0 saturated carbocycles. The summed E-state index contributed by atoms with van der Waals surface area (Å²) in [4.78, 5) is 0. The lowest BCUT2D eigenvalue weighted by atomic mass is 10.2. The zero-order valence-corrected chi connectivity index (χ0v) is 11.6. The number of aromatic nitrogens is 2. The first-order valence-electron chi connectivity index (χ1n) is 6.36. The minimum atomic E-state index is -0.368. The Hall–Kier alpha value is -1.39. The Bertz CT molecular complexity index is 539. The third-order valence-corrected chi connectivity index (χ3v) is 3.18. The maximum atomic E-state index is 13.8. The van der Waals surface area contributed by atoms with E-state index in [1.165, 1.54) is 0 Å². The number of rotatable bonds is 6. The highest BCUT2D eigenvalue weighted by atomic mass is 35.5. The van der Waals surface area contributed by atoms with Gasteiger partial charge in [0.05, 0.1) is 17.3 Å². The van der Waals surface area contributed by atoms with E-state index in [9.17, 15) is 4.39 Å². The molecule has 0 bridgehead atoms. The Morgan fingerprint density at radius 1 is 1.37 bits per heavy atom. The first kappa shape index (κ1) is 14.0. The van der Waals surface area contributed by atoms with Crippen molar-refractivity contribution in [3.63, 3.8) is 0 Å². The summed E-state index contributed by atoms with van der Waals surface area (Å²) in [5, 5.41) is 7.69. The second-order valence-corrected chi connectivity index (χ2v) is 4.78. The maximum Gasteiger partial charge on any atom is 0.146 e. The number of hydrogen-bond donors (Lipinski definition) is 1. The van der Waals surface area contributed by atoms with Crippen LogP contribution in [0.3, 0.4) is 0 Å². The van der Waals surface area contributed by atoms with E-state index in [1.807, 2.05) is 6.07 Å². The van der Waals surface area contributed by atoms with Crippen LogP contribution in [0.15, 0.2) is 30.5 Å². The van der Waals surface area contributed by atoms with E-state index in [1.54, 1.807) is 29.1 Å². The fourth-order valence-corrected chi connectivity index (χ4v) is 2.07. The summed E-state index contributed by atoms with van der Waals surface area (Å²) in [6.07, 6.45) is 2.81. The summed E-state index contributed by atoms with van der Waals surface area (Å²) in [6.45, 7) is 4.20. The molecule has 3 nitrogen and oxygen atoms in total. The molecule has 19 heavy (non-hydrogen) atoms. The summed E-state index contributed by atoms with van der Waals surface area (Å²) >= 11 is 5.78. The first-order valence-corrected chi connectivity index (χ1v) is 6.74. The van der Waals surface area contributed by atoms with Crippen molar-refractivity contribution in [2.45, 2.75) is 26.4 Å². The van der Waals surface area contributed by atoms with Gasteiger partial charge in [-0.25, -0.2) is 4.39 Å². The second-order valence-electron chi connectivity index (χ2n) is 4.37. The molecule has 1 aromatic carbocycles. The van der Waals surface area contributed by atoms with Crippen molar-refractivity contribution < 1.29 is 4.39 Å². The third kappa shape index (κ3) is 3.55. The van der Waals surface area contributed by atoms with E-state index in [4.69, 9.17) is 11.6 Å². The minimum absolute atomic E-state index is 0.148. The van der Waals surface area contributed by atoms with Gasteiger partial charge in [0.1, 0.15) is 5.82 Å². The molecule has 1 heterocycles. The Morgan fingerprint density at radius 2 is 2.21 bits per heavy atom. The van der Waals surface area contributed by atoms with Crippen LogP contribution in [0.2, 0.25) is 5.02 Å². The van der Waals surface area contributed by atoms with Crippen molar-refractivity contribution in [1.29, 1.82) is 0 Å². The van der Waals surface area contributed by atoms with Gasteiger partial charge in [-0.3, -0.25) is 4.68 Å². The second kappa shape index (κ2) is 6.68. The van der Waals surface area contributed by atoms with Crippen LogP contribution in [0.5, 0.6) is 0 Å². The van der Waals surface area contributed by atoms with Crippen molar-refractivity contribution in [1.82, 2.24) is 15.1 Å². The minimum Gasteiger partial charge on any atom is -0.311 e. The molecule has 2 rings (SSSR count). The molecule has 0 aliphatic heterocycles. The highest BCUT2D eigenvalue weighted by Crippen LogP contribution is 2.19. The molecule has 0 aliphatic carbocycles. The van der Waals surface area contributed by atoms with Crippen LogP contribution in [0.4, 0.5) is 4.39 Å². The van der Waals surface area contributed by atoms with Crippen molar-refractivity contribution in [2.24, 2.45) is 0 Å². The Kier molecular flexibility index (Phi) is 4.93. The van der Waals surface area contributed by atoms with E-state index in [-0.39, 0.29) is 10.8 Å². The largest absolute Gasteiger partial charge is 0.311 e. The molecular weight excluding hydrogens is 265 g/mol. The van der Waals surface area contributed by atoms with Crippen molar-refractivity contribution in [3.05, 3.63) is 52.6 Å². The van der Waals surface area contributed by atoms with Crippen LogP contribution in [0, 0.1) is 5.82 Å². The number of benzene rings is 1. The van der Waals surface area contributed by atoms with Gasteiger partial charge in [-0.05, 0) is 25.1 Å². The van der Waals surface area contributed by atoms with E-state index in [0.29, 0.717) is 12.1 Å². The fourth-order valence-electron chi connectivity index (χ4n) is 1.88. The van der Waals surface area contributed by atoms with E-state index in [2.05, 4.69) is 17.3 Å². The molecule has 0 atom stereocenters. The number of hydrogen-bond acceptors (Lipinski definition) is 2. The summed E-state index contributed by atoms with van der Waals surface area (Å²) in [5.41, 5.74) is 1.58. The first-order chi connectivity index (χ1) is 9.22. The molecule has 0 fully saturated rings. The van der Waals surface area contributed by atoms with Gasteiger partial charge in [-0.1, -0.05) is 30.7 Å². The molecule has 102 valence electrons. The molecule has 0 radical (unpaired) electrons. The van der Waals surface area contributed by atoms with Crippen LogP contribution in [0.25, 0.3) is 0 Å². The van der Waals surface area contributed by atoms with Gasteiger partial charge in [-0.15, -0.1) is 0 Å². The average molecular weight is 282 g/mol. The van der Waals surface area contributed by atoms with Crippen molar-refractivity contribution in [2.75, 3.05) is 6.54 Å². The fraction of sp³-hybridized carbons (Fsp3) is 0.357. The molecule has 0 saturated heterocycles. The van der Waals surface area contributed by atoms with Gasteiger partial charge in [0.15, 0.2) is 0 Å². The van der Waals surface area contributed by atoms with E-state index >= 15 is 0 Å². The van der Waals surface area contributed by atoms with Crippen LogP contribution >= 0.6 is 11.6 Å². The predicted molar refractivity (Wildman–Crippen MR) is 74.7 cm³/mol. The molecule has 1 N–H and O–H groups in total.